The molecule has 0 aliphatic heterocycles. The third-order valence-electron chi connectivity index (χ3n) is 5.54. The van der Waals surface area contributed by atoms with Crippen LogP contribution in [0, 0.1) is 0 Å². The SMILES string of the molecule is O=C(CCC(F)(F)F)NC(Cn1c(-c2ccc(Cl)cc2)nn(Cc2ncn(-c3ncccc3Cl)n2)c1=O)C(F)(F)F. The molecule has 41 heavy (non-hydrogen) atoms. The van der Waals surface area contributed by atoms with Crippen molar-refractivity contribution in [1.29, 1.82) is 0 Å². The molecule has 3 aromatic heterocycles. The summed E-state index contributed by atoms with van der Waals surface area (Å²) < 4.78 is 81.7. The van der Waals surface area contributed by atoms with Gasteiger partial charge in [-0.2, -0.15) is 26.3 Å². The number of pyridine rings is 1. The Morgan fingerprint density at radius 2 is 1.71 bits per heavy atom. The molecule has 1 unspecified atom stereocenters. The maximum absolute atomic E-state index is 13.9. The van der Waals surface area contributed by atoms with Crippen molar-refractivity contribution < 1.29 is 31.1 Å². The van der Waals surface area contributed by atoms with Gasteiger partial charge in [-0.05, 0) is 36.4 Å². The van der Waals surface area contributed by atoms with Crippen LogP contribution < -0.4 is 11.0 Å². The number of carbonyl (C=O) groups excluding carboxylic acids is 1. The van der Waals surface area contributed by atoms with E-state index in [1.54, 1.807) is 17.4 Å². The lowest BCUT2D eigenvalue weighted by molar-refractivity contribution is -0.166. The normalized spacial score (nSPS) is 12.9. The van der Waals surface area contributed by atoms with Crippen LogP contribution in [0.15, 0.2) is 53.7 Å². The van der Waals surface area contributed by atoms with Crippen LogP contribution in [0.4, 0.5) is 26.3 Å². The molecule has 0 saturated carbocycles. The lowest BCUT2D eigenvalue weighted by Gasteiger charge is -2.22. The highest BCUT2D eigenvalue weighted by atomic mass is 35.5. The molecule has 0 spiro atoms. The molecule has 0 fully saturated rings. The average molecular weight is 623 g/mol. The molecule has 0 radical (unpaired) electrons. The van der Waals surface area contributed by atoms with Gasteiger partial charge >= 0.3 is 18.0 Å². The number of nitrogens with zero attached hydrogens (tertiary/aromatic N) is 7. The maximum atomic E-state index is 13.9. The van der Waals surface area contributed by atoms with Gasteiger partial charge in [-0.1, -0.05) is 23.2 Å². The quantitative estimate of drug-likeness (QED) is 0.276. The number of hydrogen-bond acceptors (Lipinski definition) is 6. The van der Waals surface area contributed by atoms with Crippen molar-refractivity contribution >= 4 is 29.1 Å². The van der Waals surface area contributed by atoms with Gasteiger partial charge in [0, 0.05) is 23.2 Å². The van der Waals surface area contributed by atoms with Crippen LogP contribution in [-0.4, -0.2) is 58.4 Å². The summed E-state index contributed by atoms with van der Waals surface area (Å²) in [4.78, 5) is 33.4. The summed E-state index contributed by atoms with van der Waals surface area (Å²) in [6.45, 7) is -1.55. The Labute approximate surface area is 236 Å². The number of nitrogens with one attached hydrogen (secondary N) is 1. The lowest BCUT2D eigenvalue weighted by atomic mass is 10.2. The van der Waals surface area contributed by atoms with Gasteiger partial charge in [-0.15, -0.1) is 10.2 Å². The van der Waals surface area contributed by atoms with Gasteiger partial charge in [0.15, 0.2) is 17.5 Å². The van der Waals surface area contributed by atoms with Crippen molar-refractivity contribution in [2.24, 2.45) is 0 Å². The first-order valence-electron chi connectivity index (χ1n) is 11.6. The highest BCUT2D eigenvalue weighted by molar-refractivity contribution is 6.32. The van der Waals surface area contributed by atoms with Gasteiger partial charge in [-0.3, -0.25) is 9.36 Å². The minimum atomic E-state index is -5.12. The number of amides is 1. The standard InChI is InChI=1S/C23H18Cl2F6N8O2/c24-14-5-3-13(4-6-14)19-36-38(11-17-33-12-39(35-17)20-15(25)2-1-9-32-20)21(41)37(19)10-16(23(29,30)31)34-18(40)7-8-22(26,27)28/h1-6,9,12,16H,7-8,10-11H2,(H,34,40). The number of alkyl halides is 6. The predicted octanol–water partition coefficient (Wildman–Crippen LogP) is 4.43. The summed E-state index contributed by atoms with van der Waals surface area (Å²) in [7, 11) is 0. The molecule has 18 heteroatoms. The van der Waals surface area contributed by atoms with Crippen LogP contribution in [0.3, 0.4) is 0 Å². The molecule has 0 bridgehead atoms. The van der Waals surface area contributed by atoms with Crippen LogP contribution in [0.2, 0.25) is 10.0 Å². The highest BCUT2D eigenvalue weighted by Gasteiger charge is 2.42. The molecule has 1 N–H and O–H groups in total. The molecule has 0 aliphatic carbocycles. The third-order valence-corrected chi connectivity index (χ3v) is 6.09. The zero-order chi connectivity index (χ0) is 29.9. The molecule has 1 atom stereocenters. The predicted molar refractivity (Wildman–Crippen MR) is 133 cm³/mol. The number of hydrogen-bond donors (Lipinski definition) is 1. The molecule has 0 saturated heterocycles. The fourth-order valence-electron chi connectivity index (χ4n) is 3.61. The van der Waals surface area contributed by atoms with E-state index in [1.807, 2.05) is 0 Å². The molecule has 1 amide bonds. The van der Waals surface area contributed by atoms with Crippen molar-refractivity contribution in [2.75, 3.05) is 0 Å². The second kappa shape index (κ2) is 11.9. The molecule has 4 rings (SSSR count). The summed E-state index contributed by atoms with van der Waals surface area (Å²) >= 11 is 12.0. The Bertz CT molecular complexity index is 1580. The van der Waals surface area contributed by atoms with Crippen molar-refractivity contribution in [3.63, 3.8) is 0 Å². The monoisotopic (exact) mass is 622 g/mol. The Hall–Kier alpha value is -3.92. The fourth-order valence-corrected chi connectivity index (χ4v) is 3.94. The van der Waals surface area contributed by atoms with Crippen molar-refractivity contribution in [3.8, 4) is 17.2 Å². The minimum absolute atomic E-state index is 0.0361. The second-order valence-electron chi connectivity index (χ2n) is 8.57. The topological polar surface area (TPSA) is 113 Å². The summed E-state index contributed by atoms with van der Waals surface area (Å²) in [5.41, 5.74) is -0.825. The van der Waals surface area contributed by atoms with E-state index in [9.17, 15) is 35.9 Å². The second-order valence-corrected chi connectivity index (χ2v) is 9.42. The summed E-state index contributed by atoms with van der Waals surface area (Å²) in [6.07, 6.45) is -9.96. The smallest absolute Gasteiger partial charge is 0.343 e. The van der Waals surface area contributed by atoms with Crippen LogP contribution in [0.1, 0.15) is 18.7 Å². The van der Waals surface area contributed by atoms with Gasteiger partial charge in [0.25, 0.3) is 0 Å². The van der Waals surface area contributed by atoms with E-state index < -0.39 is 49.4 Å². The minimum Gasteiger partial charge on any atom is -0.343 e. The van der Waals surface area contributed by atoms with Crippen molar-refractivity contribution in [2.45, 2.75) is 44.3 Å². The molecule has 218 valence electrons. The molecule has 10 nitrogen and oxygen atoms in total. The largest absolute Gasteiger partial charge is 0.410 e. The average Bonchev–Trinajstić information content (AvgIpc) is 3.47. The van der Waals surface area contributed by atoms with E-state index in [0.717, 1.165) is 4.68 Å². The van der Waals surface area contributed by atoms with Crippen LogP contribution in [0.5, 0.6) is 0 Å². The zero-order valence-corrected chi connectivity index (χ0v) is 22.0. The lowest BCUT2D eigenvalue weighted by Crippen LogP contribution is -2.49. The first-order chi connectivity index (χ1) is 19.2. The molecular weight excluding hydrogens is 605 g/mol. The summed E-state index contributed by atoms with van der Waals surface area (Å²) in [5.74, 6) is -1.44. The Morgan fingerprint density at radius 3 is 2.34 bits per heavy atom. The maximum Gasteiger partial charge on any atom is 0.410 e. The molecule has 3 heterocycles. The number of aromatic nitrogens is 7. The van der Waals surface area contributed by atoms with E-state index in [-0.39, 0.29) is 34.6 Å². The van der Waals surface area contributed by atoms with E-state index in [4.69, 9.17) is 23.2 Å². The van der Waals surface area contributed by atoms with Crippen LogP contribution in [0.25, 0.3) is 17.2 Å². The van der Waals surface area contributed by atoms with Gasteiger partial charge < -0.3 is 5.32 Å². The summed E-state index contributed by atoms with van der Waals surface area (Å²) in [6, 6.07) is 6.12. The van der Waals surface area contributed by atoms with Crippen LogP contribution >= 0.6 is 23.2 Å². The van der Waals surface area contributed by atoms with Gasteiger partial charge in [0.1, 0.15) is 18.9 Å². The van der Waals surface area contributed by atoms with Crippen molar-refractivity contribution in [1.82, 2.24) is 39.4 Å². The van der Waals surface area contributed by atoms with E-state index in [0.29, 0.717) is 9.59 Å². The third kappa shape index (κ3) is 7.64. The Kier molecular flexibility index (Phi) is 8.72. The number of rotatable bonds is 9. The number of benzene rings is 1. The van der Waals surface area contributed by atoms with E-state index in [2.05, 4.69) is 20.2 Å². The first-order valence-corrected chi connectivity index (χ1v) is 12.3. The number of halogens is 8. The van der Waals surface area contributed by atoms with Gasteiger partial charge in [-0.25, -0.2) is 24.1 Å². The molecular formula is C23H18Cl2F6N8O2. The molecule has 1 aromatic carbocycles. The van der Waals surface area contributed by atoms with E-state index in [1.165, 1.54) is 41.5 Å². The first kappa shape index (κ1) is 30.0. The molecule has 0 aliphatic rings. The Balaban J connectivity index is 1.67. The van der Waals surface area contributed by atoms with Gasteiger partial charge in [0.05, 0.1) is 18.0 Å². The van der Waals surface area contributed by atoms with E-state index >= 15 is 0 Å². The van der Waals surface area contributed by atoms with Crippen LogP contribution in [-0.2, 0) is 17.9 Å². The Morgan fingerprint density at radius 1 is 1.00 bits per heavy atom. The molecule has 4 aromatic rings. The highest BCUT2D eigenvalue weighted by Crippen LogP contribution is 2.26. The fraction of sp³-hybridized carbons (Fsp3) is 0.304. The van der Waals surface area contributed by atoms with Gasteiger partial charge in [0.2, 0.25) is 5.91 Å². The summed E-state index contributed by atoms with van der Waals surface area (Å²) in [5, 5.41) is 10.4. The zero-order valence-electron chi connectivity index (χ0n) is 20.5. The van der Waals surface area contributed by atoms with Crippen molar-refractivity contribution in [3.05, 3.63) is 75.3 Å². The number of carbonyl (C=O) groups is 1.